The third kappa shape index (κ3) is 4.37. The summed E-state index contributed by atoms with van der Waals surface area (Å²) in [5.74, 6) is -0.524. The van der Waals surface area contributed by atoms with Gasteiger partial charge in [0, 0.05) is 0 Å². The monoisotopic (exact) mass is 294 g/mol. The van der Waals surface area contributed by atoms with Crippen molar-refractivity contribution in [1.82, 2.24) is 0 Å². The molecule has 0 atom stereocenters. The summed E-state index contributed by atoms with van der Waals surface area (Å²) < 4.78 is 5.13. The Balaban J connectivity index is 3.06. The Morgan fingerprint density at radius 1 is 1.18 bits per heavy atom. The van der Waals surface area contributed by atoms with Gasteiger partial charge in [0.05, 0.1) is 17.9 Å². The zero-order chi connectivity index (χ0) is 16.4. The van der Waals surface area contributed by atoms with Gasteiger partial charge in [0.25, 0.3) is 0 Å². The van der Waals surface area contributed by atoms with Crippen molar-refractivity contribution in [2.45, 2.75) is 19.8 Å². The van der Waals surface area contributed by atoms with Gasteiger partial charge in [-0.15, -0.1) is 0 Å². The number of rotatable bonds is 6. The highest BCUT2D eigenvalue weighted by molar-refractivity contribution is 5.96. The normalized spacial score (nSPS) is 8.82. The van der Waals surface area contributed by atoms with Crippen molar-refractivity contribution in [2.75, 3.05) is 11.9 Å². The molecule has 0 aliphatic rings. The topological polar surface area (TPSA) is 110 Å². The predicted molar refractivity (Wildman–Crippen MR) is 79.1 cm³/mol. The first-order valence-corrected chi connectivity index (χ1v) is 6.65. The molecule has 1 N–H and O–H groups in total. The van der Waals surface area contributed by atoms with E-state index >= 15 is 0 Å². The second-order valence-corrected chi connectivity index (χ2v) is 4.25. The number of esters is 1. The highest BCUT2D eigenvalue weighted by Crippen LogP contribution is 2.19. The lowest BCUT2D eigenvalue weighted by atomic mass is 10.1. The Bertz CT molecular complexity index is 686. The van der Waals surface area contributed by atoms with Gasteiger partial charge in [-0.1, -0.05) is 25.5 Å². The molecule has 22 heavy (non-hydrogen) atoms. The fourth-order valence-corrected chi connectivity index (χ4v) is 1.57. The second-order valence-electron chi connectivity index (χ2n) is 4.25. The number of para-hydroxylation sites is 1. The fourth-order valence-electron chi connectivity index (χ4n) is 1.57. The van der Waals surface area contributed by atoms with Crippen LogP contribution in [0.25, 0.3) is 0 Å². The number of ether oxygens (including phenoxy) is 1. The molecule has 110 valence electrons. The number of hydrogen-bond donors (Lipinski definition) is 1. The highest BCUT2D eigenvalue weighted by Gasteiger charge is 2.14. The quantitative estimate of drug-likeness (QED) is 0.490. The van der Waals surface area contributed by atoms with Crippen LogP contribution >= 0.6 is 0 Å². The van der Waals surface area contributed by atoms with Crippen molar-refractivity contribution in [3.05, 3.63) is 41.1 Å². The lowest BCUT2D eigenvalue weighted by Gasteiger charge is -2.10. The molecule has 0 aliphatic carbocycles. The van der Waals surface area contributed by atoms with Crippen LogP contribution in [0.5, 0.6) is 0 Å². The van der Waals surface area contributed by atoms with E-state index in [1.165, 1.54) is 0 Å². The van der Waals surface area contributed by atoms with Gasteiger partial charge in [-0.3, -0.25) is 0 Å². The van der Waals surface area contributed by atoms with Gasteiger partial charge in [-0.25, -0.2) is 4.79 Å². The SMILES string of the molecule is CCCCOC(=O)c1ccccc1NC(C#N)=C(C#N)C#N. The number of benzene rings is 1. The largest absolute Gasteiger partial charge is 0.462 e. The van der Waals surface area contributed by atoms with Gasteiger partial charge in [-0.2, -0.15) is 15.8 Å². The molecular weight excluding hydrogens is 280 g/mol. The van der Waals surface area contributed by atoms with E-state index < -0.39 is 5.97 Å². The second kappa shape index (κ2) is 8.79. The van der Waals surface area contributed by atoms with Crippen LogP contribution < -0.4 is 5.32 Å². The number of allylic oxidation sites excluding steroid dienone is 2. The number of nitrogens with one attached hydrogen (secondary N) is 1. The standard InChI is InChI=1S/C16H14N4O2/c1-2-3-8-22-16(21)13-6-4-5-7-14(13)20-15(11-19)12(9-17)10-18/h4-7,20H,2-3,8H2,1H3. The van der Waals surface area contributed by atoms with Gasteiger partial charge in [0.15, 0.2) is 5.57 Å². The maximum Gasteiger partial charge on any atom is 0.340 e. The minimum Gasteiger partial charge on any atom is -0.462 e. The summed E-state index contributed by atoms with van der Waals surface area (Å²) in [5, 5.41) is 29.3. The molecule has 0 aliphatic heterocycles. The van der Waals surface area contributed by atoms with Crippen LogP contribution in [0.3, 0.4) is 0 Å². The number of nitriles is 3. The first kappa shape index (κ1) is 16.8. The number of carbonyl (C=O) groups excluding carboxylic acids is 1. The predicted octanol–water partition coefficient (Wildman–Crippen LogP) is 2.88. The molecule has 6 heteroatoms. The Hall–Kier alpha value is -3.30. The molecule has 0 spiro atoms. The number of hydrogen-bond acceptors (Lipinski definition) is 6. The van der Waals surface area contributed by atoms with Crippen molar-refractivity contribution in [2.24, 2.45) is 0 Å². The van der Waals surface area contributed by atoms with Gasteiger partial charge in [0.2, 0.25) is 0 Å². The molecule has 0 fully saturated rings. The number of carbonyl (C=O) groups is 1. The molecule has 1 aromatic carbocycles. The molecule has 0 saturated carbocycles. The van der Waals surface area contributed by atoms with Gasteiger partial charge in [-0.05, 0) is 18.6 Å². The third-order valence-corrected chi connectivity index (χ3v) is 2.72. The van der Waals surface area contributed by atoms with Crippen LogP contribution in [0.4, 0.5) is 5.69 Å². The van der Waals surface area contributed by atoms with Crippen LogP contribution in [0, 0.1) is 34.0 Å². The molecule has 0 amide bonds. The minimum atomic E-state index is -0.524. The summed E-state index contributed by atoms with van der Waals surface area (Å²) in [5.41, 5.74) is -0.0133. The summed E-state index contributed by atoms with van der Waals surface area (Å²) in [6, 6.07) is 11.4. The van der Waals surface area contributed by atoms with E-state index in [-0.39, 0.29) is 16.8 Å². The third-order valence-electron chi connectivity index (χ3n) is 2.72. The van der Waals surface area contributed by atoms with Crippen LogP contribution in [-0.4, -0.2) is 12.6 Å². The van der Waals surface area contributed by atoms with E-state index in [0.717, 1.165) is 12.8 Å². The van der Waals surface area contributed by atoms with E-state index in [2.05, 4.69) is 5.32 Å². The molecule has 0 bridgehead atoms. The first-order chi connectivity index (χ1) is 10.7. The van der Waals surface area contributed by atoms with Crippen molar-refractivity contribution in [3.63, 3.8) is 0 Å². The molecule has 1 aromatic rings. The Morgan fingerprint density at radius 2 is 1.86 bits per heavy atom. The molecule has 1 rings (SSSR count). The van der Waals surface area contributed by atoms with Gasteiger partial charge >= 0.3 is 5.97 Å². The molecule has 0 unspecified atom stereocenters. The lowest BCUT2D eigenvalue weighted by molar-refractivity contribution is 0.0501. The zero-order valence-corrected chi connectivity index (χ0v) is 12.1. The van der Waals surface area contributed by atoms with Crippen molar-refractivity contribution in [1.29, 1.82) is 15.8 Å². The number of anilines is 1. The van der Waals surface area contributed by atoms with Gasteiger partial charge < -0.3 is 10.1 Å². The van der Waals surface area contributed by atoms with Crippen LogP contribution in [0.15, 0.2) is 35.5 Å². The van der Waals surface area contributed by atoms with E-state index in [9.17, 15) is 4.79 Å². The van der Waals surface area contributed by atoms with Crippen LogP contribution in [0.1, 0.15) is 30.1 Å². The molecule has 0 heterocycles. The van der Waals surface area contributed by atoms with Crippen molar-refractivity contribution in [3.8, 4) is 18.2 Å². The smallest absolute Gasteiger partial charge is 0.340 e. The van der Waals surface area contributed by atoms with Crippen molar-refractivity contribution >= 4 is 11.7 Å². The van der Waals surface area contributed by atoms with Crippen molar-refractivity contribution < 1.29 is 9.53 Å². The highest BCUT2D eigenvalue weighted by atomic mass is 16.5. The average molecular weight is 294 g/mol. The van der Waals surface area contributed by atoms with E-state index in [4.69, 9.17) is 20.5 Å². The molecular formula is C16H14N4O2. The first-order valence-electron chi connectivity index (χ1n) is 6.65. The Kier molecular flexibility index (Phi) is 6.69. The summed E-state index contributed by atoms with van der Waals surface area (Å²) >= 11 is 0. The van der Waals surface area contributed by atoms with Gasteiger partial charge in [0.1, 0.15) is 23.9 Å². The fraction of sp³-hybridized carbons (Fsp3) is 0.250. The summed E-state index contributed by atoms with van der Waals surface area (Å²) in [6.07, 6.45) is 1.67. The maximum absolute atomic E-state index is 12.0. The van der Waals surface area contributed by atoms with E-state index in [0.29, 0.717) is 12.3 Å². The summed E-state index contributed by atoms with van der Waals surface area (Å²) in [7, 11) is 0. The maximum atomic E-state index is 12.0. The van der Waals surface area contributed by atoms with Crippen LogP contribution in [-0.2, 0) is 4.74 Å². The Labute approximate surface area is 128 Å². The molecule has 0 radical (unpaired) electrons. The van der Waals surface area contributed by atoms with E-state index in [1.807, 2.05) is 6.92 Å². The Morgan fingerprint density at radius 3 is 2.45 bits per heavy atom. The number of nitrogens with zero attached hydrogens (tertiary/aromatic N) is 3. The minimum absolute atomic E-state index is 0.209. The lowest BCUT2D eigenvalue weighted by Crippen LogP contribution is -2.11. The van der Waals surface area contributed by atoms with Crippen LogP contribution in [0.2, 0.25) is 0 Å². The average Bonchev–Trinajstić information content (AvgIpc) is 2.55. The molecule has 0 saturated heterocycles. The summed E-state index contributed by atoms with van der Waals surface area (Å²) in [6.45, 7) is 2.30. The molecule has 0 aromatic heterocycles. The summed E-state index contributed by atoms with van der Waals surface area (Å²) in [4.78, 5) is 12.0. The number of unbranched alkanes of at least 4 members (excludes halogenated alkanes) is 1. The zero-order valence-electron chi connectivity index (χ0n) is 12.1. The molecule has 6 nitrogen and oxygen atoms in total. The van der Waals surface area contributed by atoms with E-state index in [1.54, 1.807) is 42.5 Å².